The van der Waals surface area contributed by atoms with Crippen molar-refractivity contribution in [3.63, 3.8) is 0 Å². The molecule has 8 heteroatoms. The molecule has 0 unspecified atom stereocenters. The highest BCUT2D eigenvalue weighted by Gasteiger charge is 2.31. The van der Waals surface area contributed by atoms with E-state index in [-0.39, 0.29) is 4.32 Å². The van der Waals surface area contributed by atoms with E-state index in [1.807, 2.05) is 0 Å². The molecule has 1 fully saturated rings. The second kappa shape index (κ2) is 6.13. The van der Waals surface area contributed by atoms with E-state index in [2.05, 4.69) is 0 Å². The Morgan fingerprint density at radius 2 is 2.15 bits per heavy atom. The molecule has 4 nitrogen and oxygen atoms in total. The molecule has 1 aromatic rings. The topological polar surface area (TPSA) is 60.4 Å². The van der Waals surface area contributed by atoms with Crippen molar-refractivity contribution in [1.82, 2.24) is 4.90 Å². The van der Waals surface area contributed by atoms with Crippen LogP contribution in [0.1, 0.15) is 5.56 Å². The molecule has 104 valence electrons. The van der Waals surface area contributed by atoms with Crippen LogP contribution in [0.4, 0.5) is 0 Å². The molecule has 1 aliphatic heterocycles. The molecule has 0 N–H and O–H groups in total. The van der Waals surface area contributed by atoms with Crippen molar-refractivity contribution < 1.29 is 14.7 Å². The molecule has 1 aromatic carbocycles. The number of hydrogen-bond donors (Lipinski definition) is 0. The van der Waals surface area contributed by atoms with E-state index in [4.69, 9.17) is 35.4 Å². The van der Waals surface area contributed by atoms with E-state index in [0.717, 1.165) is 16.7 Å². The summed E-state index contributed by atoms with van der Waals surface area (Å²) in [6.07, 6.45) is 1.55. The Bertz CT molecular complexity index is 646. The summed E-state index contributed by atoms with van der Waals surface area (Å²) in [5.74, 6) is -1.85. The normalized spacial score (nSPS) is 17.1. The number of rotatable bonds is 3. The molecular formula is C12H6Cl2NO3S2-. The Balaban J connectivity index is 2.30. The number of amides is 1. The lowest BCUT2D eigenvalue weighted by Gasteiger charge is -2.14. The Kier molecular flexibility index (Phi) is 4.70. The molecule has 2 rings (SSSR count). The molecule has 0 radical (unpaired) electrons. The maximum absolute atomic E-state index is 12.0. The van der Waals surface area contributed by atoms with Crippen molar-refractivity contribution in [2.24, 2.45) is 0 Å². The first-order valence-electron chi connectivity index (χ1n) is 5.29. The van der Waals surface area contributed by atoms with E-state index in [1.165, 1.54) is 0 Å². The van der Waals surface area contributed by atoms with Gasteiger partial charge in [-0.1, -0.05) is 53.2 Å². The number of thioether (sulfide) groups is 1. The molecule has 0 spiro atoms. The largest absolute Gasteiger partial charge is 0.548 e. The standard InChI is InChI=1S/C12H7Cl2NO3S2/c13-7-2-1-6(8(14)4-7)3-9-11(18)15(5-10(16)17)12(19)20-9/h1-4H,5H2,(H,16,17)/p-1/b9-3+. The number of benzene rings is 1. The summed E-state index contributed by atoms with van der Waals surface area (Å²) in [5, 5.41) is 11.4. The molecular weight excluding hydrogens is 341 g/mol. The van der Waals surface area contributed by atoms with Gasteiger partial charge in [-0.05, 0) is 23.8 Å². The third-order valence-corrected chi connectivity index (χ3v) is 4.35. The minimum absolute atomic E-state index is 0.176. The average Bonchev–Trinajstić information content (AvgIpc) is 2.60. The number of carboxylic acids is 1. The SMILES string of the molecule is O=C([O-])CN1C(=O)/C(=C\c2ccc(Cl)cc2Cl)SC1=S. The first-order chi connectivity index (χ1) is 9.38. The second-order valence-corrected chi connectivity index (χ2v) is 6.33. The zero-order valence-corrected chi connectivity index (χ0v) is 12.9. The van der Waals surface area contributed by atoms with Crippen LogP contribution >= 0.6 is 47.2 Å². The van der Waals surface area contributed by atoms with Crippen LogP contribution in [0.15, 0.2) is 23.1 Å². The number of carbonyl (C=O) groups is 2. The molecule has 0 atom stereocenters. The number of aliphatic carboxylic acids is 1. The van der Waals surface area contributed by atoms with Crippen LogP contribution in [0.2, 0.25) is 10.0 Å². The van der Waals surface area contributed by atoms with E-state index in [0.29, 0.717) is 20.5 Å². The maximum atomic E-state index is 12.0. The summed E-state index contributed by atoms with van der Waals surface area (Å²) in [5.41, 5.74) is 0.602. The lowest BCUT2D eigenvalue weighted by molar-refractivity contribution is -0.305. The summed E-state index contributed by atoms with van der Waals surface area (Å²) in [6, 6.07) is 4.86. The third-order valence-electron chi connectivity index (χ3n) is 2.41. The van der Waals surface area contributed by atoms with Gasteiger partial charge >= 0.3 is 0 Å². The van der Waals surface area contributed by atoms with Crippen molar-refractivity contribution in [2.75, 3.05) is 6.54 Å². The molecule has 20 heavy (non-hydrogen) atoms. The van der Waals surface area contributed by atoms with Gasteiger partial charge in [0.1, 0.15) is 4.32 Å². The van der Waals surface area contributed by atoms with Gasteiger partial charge in [-0.25, -0.2) is 0 Å². The molecule has 0 aliphatic carbocycles. The van der Waals surface area contributed by atoms with Crippen molar-refractivity contribution in [2.45, 2.75) is 0 Å². The molecule has 0 saturated carbocycles. The van der Waals surface area contributed by atoms with Crippen LogP contribution in [0.3, 0.4) is 0 Å². The Morgan fingerprint density at radius 1 is 1.45 bits per heavy atom. The minimum atomic E-state index is -1.37. The fourth-order valence-electron chi connectivity index (χ4n) is 1.53. The Morgan fingerprint density at radius 3 is 2.75 bits per heavy atom. The second-order valence-electron chi connectivity index (χ2n) is 3.81. The van der Waals surface area contributed by atoms with E-state index < -0.39 is 18.4 Å². The predicted molar refractivity (Wildman–Crippen MR) is 81.3 cm³/mol. The van der Waals surface area contributed by atoms with Gasteiger partial charge in [0, 0.05) is 10.0 Å². The highest BCUT2D eigenvalue weighted by molar-refractivity contribution is 8.26. The van der Waals surface area contributed by atoms with Crippen molar-refractivity contribution >= 4 is 69.5 Å². The number of halogens is 2. The van der Waals surface area contributed by atoms with E-state index >= 15 is 0 Å². The van der Waals surface area contributed by atoms with Crippen LogP contribution < -0.4 is 5.11 Å². The van der Waals surface area contributed by atoms with Gasteiger partial charge in [-0.3, -0.25) is 9.69 Å². The van der Waals surface area contributed by atoms with Gasteiger partial charge in [0.05, 0.1) is 17.4 Å². The van der Waals surface area contributed by atoms with Gasteiger partial charge in [0.25, 0.3) is 5.91 Å². The third kappa shape index (κ3) is 3.32. The number of carboxylic acid groups (broad SMARTS) is 1. The fraction of sp³-hybridized carbons (Fsp3) is 0.0833. The first kappa shape index (κ1) is 15.3. The van der Waals surface area contributed by atoms with E-state index in [1.54, 1.807) is 24.3 Å². The number of thiocarbonyl (C=S) groups is 1. The van der Waals surface area contributed by atoms with Gasteiger partial charge in [0.15, 0.2) is 0 Å². The zero-order valence-electron chi connectivity index (χ0n) is 9.76. The Labute approximate surface area is 134 Å². The lowest BCUT2D eigenvalue weighted by Crippen LogP contribution is -2.40. The van der Waals surface area contributed by atoms with Crippen molar-refractivity contribution in [3.05, 3.63) is 38.7 Å². The monoisotopic (exact) mass is 346 g/mol. The molecule has 1 saturated heterocycles. The summed E-state index contributed by atoms with van der Waals surface area (Å²) in [4.78, 5) is 23.9. The van der Waals surface area contributed by atoms with Crippen LogP contribution in [0, 0.1) is 0 Å². The van der Waals surface area contributed by atoms with Gasteiger partial charge in [-0.15, -0.1) is 0 Å². The smallest absolute Gasteiger partial charge is 0.266 e. The molecule has 0 aromatic heterocycles. The van der Waals surface area contributed by atoms with E-state index in [9.17, 15) is 14.7 Å². The van der Waals surface area contributed by atoms with Crippen LogP contribution in [0.25, 0.3) is 6.08 Å². The van der Waals surface area contributed by atoms with Gasteiger partial charge < -0.3 is 9.90 Å². The number of nitrogens with zero attached hydrogens (tertiary/aromatic N) is 1. The van der Waals surface area contributed by atoms with Crippen LogP contribution in [-0.2, 0) is 9.59 Å². The minimum Gasteiger partial charge on any atom is -0.548 e. The van der Waals surface area contributed by atoms with Crippen molar-refractivity contribution in [1.29, 1.82) is 0 Å². The highest BCUT2D eigenvalue weighted by atomic mass is 35.5. The molecule has 1 aliphatic rings. The van der Waals surface area contributed by atoms with Crippen molar-refractivity contribution in [3.8, 4) is 0 Å². The Hall–Kier alpha value is -1.08. The average molecular weight is 347 g/mol. The predicted octanol–water partition coefficient (Wildman–Crippen LogP) is 1.94. The summed E-state index contributed by atoms with van der Waals surface area (Å²) in [6.45, 7) is -0.559. The summed E-state index contributed by atoms with van der Waals surface area (Å²) in [7, 11) is 0. The highest BCUT2D eigenvalue weighted by Crippen LogP contribution is 2.33. The molecule has 1 heterocycles. The fourth-order valence-corrected chi connectivity index (χ4v) is 3.23. The molecule has 1 amide bonds. The maximum Gasteiger partial charge on any atom is 0.266 e. The van der Waals surface area contributed by atoms with Gasteiger partial charge in [0.2, 0.25) is 0 Å². The summed E-state index contributed by atoms with van der Waals surface area (Å²) >= 11 is 17.8. The van der Waals surface area contributed by atoms with Gasteiger partial charge in [-0.2, -0.15) is 0 Å². The number of hydrogen-bond acceptors (Lipinski definition) is 5. The first-order valence-corrected chi connectivity index (χ1v) is 7.27. The quantitative estimate of drug-likeness (QED) is 0.618. The summed E-state index contributed by atoms with van der Waals surface area (Å²) < 4.78 is 0.176. The zero-order chi connectivity index (χ0) is 14.9. The molecule has 0 bridgehead atoms. The van der Waals surface area contributed by atoms with Crippen LogP contribution in [-0.4, -0.2) is 27.6 Å². The lowest BCUT2D eigenvalue weighted by atomic mass is 10.2. The van der Waals surface area contributed by atoms with Crippen LogP contribution in [0.5, 0.6) is 0 Å². The number of carbonyl (C=O) groups excluding carboxylic acids is 2.